The number of hydrogen-bond donors (Lipinski definition) is 0. The number of benzene rings is 2. The summed E-state index contributed by atoms with van der Waals surface area (Å²) in [5.74, 6) is -1.02. The second-order valence-corrected chi connectivity index (χ2v) is 8.05. The Balaban J connectivity index is 1.83. The van der Waals surface area contributed by atoms with Gasteiger partial charge in [0.25, 0.3) is 10.0 Å². The molecule has 0 spiro atoms. The van der Waals surface area contributed by atoms with Crippen LogP contribution in [-0.4, -0.2) is 38.7 Å². The van der Waals surface area contributed by atoms with Gasteiger partial charge in [-0.2, -0.15) is 0 Å². The van der Waals surface area contributed by atoms with Gasteiger partial charge in [0, 0.05) is 13.1 Å². The molecule has 4 rings (SSSR count). The summed E-state index contributed by atoms with van der Waals surface area (Å²) < 4.78 is 44.4. The number of aromatic nitrogens is 1. The van der Waals surface area contributed by atoms with Crippen LogP contribution in [0.4, 0.5) is 5.69 Å². The van der Waals surface area contributed by atoms with E-state index < -0.39 is 27.9 Å². The highest BCUT2D eigenvalue weighted by molar-refractivity contribution is 7.92. The number of fused-ring (bicyclic) bond motifs is 2. The molecule has 1 aromatic heterocycles. The molecule has 0 aliphatic carbocycles. The van der Waals surface area contributed by atoms with Gasteiger partial charge in [-0.25, -0.2) is 18.0 Å². The zero-order valence-corrected chi connectivity index (χ0v) is 15.8. The zero-order valence-electron chi connectivity index (χ0n) is 15.0. The Kier molecular flexibility index (Phi) is 4.15. The maximum atomic E-state index is 13.3. The number of carbonyl (C=O) groups excluding carboxylic acids is 1. The summed E-state index contributed by atoms with van der Waals surface area (Å²) in [5, 5.41) is 0. The molecule has 3 aromatic rings. The number of nitrogens with zero attached hydrogens (tertiary/aromatic N) is 2. The first-order valence-electron chi connectivity index (χ1n) is 8.29. The maximum Gasteiger partial charge on any atom is 0.419 e. The molecule has 9 nitrogen and oxygen atoms in total. The maximum absolute atomic E-state index is 13.3. The van der Waals surface area contributed by atoms with E-state index in [1.165, 1.54) is 36.9 Å². The van der Waals surface area contributed by atoms with Gasteiger partial charge in [-0.1, -0.05) is 12.1 Å². The van der Waals surface area contributed by atoms with E-state index in [-0.39, 0.29) is 22.8 Å². The highest BCUT2D eigenvalue weighted by Crippen LogP contribution is 2.37. The van der Waals surface area contributed by atoms with Crippen LogP contribution in [0.2, 0.25) is 0 Å². The molecule has 0 N–H and O–H groups in total. The molecule has 28 heavy (non-hydrogen) atoms. The van der Waals surface area contributed by atoms with E-state index in [0.29, 0.717) is 11.2 Å². The average Bonchev–Trinajstić information content (AvgIpc) is 2.99. The molecule has 0 radical (unpaired) electrons. The second kappa shape index (κ2) is 6.41. The summed E-state index contributed by atoms with van der Waals surface area (Å²) >= 11 is 0. The molecule has 0 amide bonds. The Morgan fingerprint density at radius 1 is 1.21 bits per heavy atom. The van der Waals surface area contributed by atoms with E-state index in [1.54, 1.807) is 24.3 Å². The fraction of sp³-hybridized carbons (Fsp3) is 0.222. The van der Waals surface area contributed by atoms with Crippen molar-refractivity contribution in [3.05, 3.63) is 53.0 Å². The van der Waals surface area contributed by atoms with Crippen molar-refractivity contribution in [2.75, 3.05) is 18.0 Å². The molecule has 1 aliphatic rings. The molecule has 0 saturated carbocycles. The van der Waals surface area contributed by atoms with Gasteiger partial charge >= 0.3 is 11.7 Å². The number of methoxy groups -OCH3 is 1. The van der Waals surface area contributed by atoms with Crippen LogP contribution in [0.15, 0.2) is 56.6 Å². The van der Waals surface area contributed by atoms with Crippen LogP contribution < -0.4 is 14.8 Å². The van der Waals surface area contributed by atoms with Gasteiger partial charge in [0.05, 0.1) is 29.8 Å². The molecule has 2 aromatic carbocycles. The lowest BCUT2D eigenvalue weighted by Crippen LogP contribution is -2.47. The number of sulfonamides is 1. The molecule has 1 unspecified atom stereocenters. The first-order chi connectivity index (χ1) is 13.3. The van der Waals surface area contributed by atoms with E-state index in [1.807, 2.05) is 0 Å². The van der Waals surface area contributed by atoms with Crippen molar-refractivity contribution in [2.45, 2.75) is 11.0 Å². The van der Waals surface area contributed by atoms with Gasteiger partial charge in [0.15, 0.2) is 5.58 Å². The van der Waals surface area contributed by atoms with Crippen molar-refractivity contribution < 1.29 is 27.1 Å². The van der Waals surface area contributed by atoms with E-state index in [2.05, 4.69) is 0 Å². The molecular formula is C18H16N2O7S. The molecule has 0 saturated heterocycles. The van der Waals surface area contributed by atoms with E-state index in [0.717, 1.165) is 4.31 Å². The van der Waals surface area contributed by atoms with Crippen molar-refractivity contribution in [2.24, 2.45) is 7.05 Å². The highest BCUT2D eigenvalue weighted by atomic mass is 32.2. The van der Waals surface area contributed by atoms with E-state index in [4.69, 9.17) is 13.9 Å². The number of para-hydroxylation sites is 2. The third kappa shape index (κ3) is 2.73. The third-order valence-electron chi connectivity index (χ3n) is 4.55. The van der Waals surface area contributed by atoms with Crippen LogP contribution in [0.3, 0.4) is 0 Å². The zero-order chi connectivity index (χ0) is 20.1. The van der Waals surface area contributed by atoms with Crippen LogP contribution in [0.25, 0.3) is 11.1 Å². The van der Waals surface area contributed by atoms with Gasteiger partial charge in [0.2, 0.25) is 6.10 Å². The third-order valence-corrected chi connectivity index (χ3v) is 6.33. The van der Waals surface area contributed by atoms with Crippen molar-refractivity contribution in [3.63, 3.8) is 0 Å². The van der Waals surface area contributed by atoms with Crippen LogP contribution in [0.5, 0.6) is 5.75 Å². The van der Waals surface area contributed by atoms with E-state index in [9.17, 15) is 18.0 Å². The summed E-state index contributed by atoms with van der Waals surface area (Å²) in [6.45, 7) is -0.247. The lowest BCUT2D eigenvalue weighted by Gasteiger charge is -2.34. The Bertz CT molecular complexity index is 1240. The predicted molar refractivity (Wildman–Crippen MR) is 98.9 cm³/mol. The Labute approximate surface area is 159 Å². The van der Waals surface area contributed by atoms with Gasteiger partial charge in [-0.15, -0.1) is 0 Å². The lowest BCUT2D eigenvalue weighted by atomic mass is 10.2. The number of aryl methyl sites for hydroxylation is 1. The summed E-state index contributed by atoms with van der Waals surface area (Å²) in [5.41, 5.74) is 0.927. The number of anilines is 1. The van der Waals surface area contributed by atoms with Crippen molar-refractivity contribution in [3.8, 4) is 5.75 Å². The number of hydrogen-bond acceptors (Lipinski definition) is 7. The summed E-state index contributed by atoms with van der Waals surface area (Å²) in [4.78, 5) is 23.6. The number of ether oxygens (including phenoxy) is 2. The molecule has 1 atom stereocenters. The van der Waals surface area contributed by atoms with E-state index >= 15 is 0 Å². The minimum atomic E-state index is -4.07. The topological polar surface area (TPSA) is 108 Å². The molecule has 2 heterocycles. The van der Waals surface area contributed by atoms with Crippen molar-refractivity contribution in [1.82, 2.24) is 4.57 Å². The number of carbonyl (C=O) groups is 1. The van der Waals surface area contributed by atoms with Gasteiger partial charge in [0.1, 0.15) is 5.75 Å². The lowest BCUT2D eigenvalue weighted by molar-refractivity contribution is -0.148. The van der Waals surface area contributed by atoms with Gasteiger partial charge in [-0.3, -0.25) is 8.87 Å². The smallest absolute Gasteiger partial charge is 0.419 e. The molecule has 146 valence electrons. The van der Waals surface area contributed by atoms with Crippen LogP contribution in [0, 0.1) is 0 Å². The first kappa shape index (κ1) is 18.1. The highest BCUT2D eigenvalue weighted by Gasteiger charge is 2.38. The quantitative estimate of drug-likeness (QED) is 0.605. The molecular weight excluding hydrogens is 388 g/mol. The Morgan fingerprint density at radius 2 is 1.96 bits per heavy atom. The minimum Gasteiger partial charge on any atom is -0.475 e. The second-order valence-electron chi connectivity index (χ2n) is 6.19. The molecule has 0 bridgehead atoms. The Morgan fingerprint density at radius 3 is 2.71 bits per heavy atom. The summed E-state index contributed by atoms with van der Waals surface area (Å²) in [6, 6.07) is 10.7. The number of esters is 1. The number of rotatable bonds is 3. The predicted octanol–water partition coefficient (Wildman–Crippen LogP) is 1.26. The number of oxazole rings is 1. The summed E-state index contributed by atoms with van der Waals surface area (Å²) in [7, 11) is -1.34. The largest absolute Gasteiger partial charge is 0.475 e. The fourth-order valence-electron chi connectivity index (χ4n) is 3.09. The van der Waals surface area contributed by atoms with Crippen LogP contribution in [0.1, 0.15) is 0 Å². The van der Waals surface area contributed by atoms with Crippen LogP contribution in [-0.2, 0) is 26.6 Å². The minimum absolute atomic E-state index is 0.0744. The van der Waals surface area contributed by atoms with Gasteiger partial charge < -0.3 is 13.9 Å². The van der Waals surface area contributed by atoms with Gasteiger partial charge in [-0.05, 0) is 24.3 Å². The first-order valence-corrected chi connectivity index (χ1v) is 9.73. The average molecular weight is 404 g/mol. The van der Waals surface area contributed by atoms with Crippen molar-refractivity contribution in [1.29, 1.82) is 0 Å². The van der Waals surface area contributed by atoms with Crippen LogP contribution >= 0.6 is 0 Å². The Hall–Kier alpha value is -3.27. The monoisotopic (exact) mass is 404 g/mol. The SMILES string of the molecule is COC(=O)C1CN(S(=O)(=O)c2ccc3c(c2)oc(=O)n3C)c2ccccc2O1. The molecule has 0 fully saturated rings. The normalized spacial score (nSPS) is 16.5. The van der Waals surface area contributed by atoms with Crippen molar-refractivity contribution >= 4 is 32.8 Å². The molecule has 1 aliphatic heterocycles. The standard InChI is InChI=1S/C18H16N2O7S/c1-19-12-8-7-11(9-15(12)27-18(19)22)28(23,24)20-10-16(17(21)25-2)26-14-6-4-3-5-13(14)20/h3-9,16H,10H2,1-2H3. The fourth-order valence-corrected chi connectivity index (χ4v) is 4.58. The molecule has 10 heteroatoms. The summed E-state index contributed by atoms with van der Waals surface area (Å²) in [6.07, 6.45) is -1.10.